The molecule has 216 valence electrons. The monoisotopic (exact) mass is 569 g/mol. The minimum Gasteiger partial charge on any atom is -0.481 e. The maximum atomic E-state index is 13.7. The standard InChI is InChI=1S/C31H31N5O6/c1-19(2)28(35-29(40)23-13-12-21-10-6-7-11-22(21)14-23)25-17-31(42-36-25,16-20-8-4-3-5-9-20)30(41)34-24(15-27(38)39)26(37)18-33-32/h3-14,18-19,24,28H,15-17H2,1-2H3,(H,34,41)(H,35,40)(H,38,39)/t24-,28-,31?/m0/s1. The van der Waals surface area contributed by atoms with E-state index in [0.29, 0.717) is 17.5 Å². The predicted octanol–water partition coefficient (Wildman–Crippen LogP) is 3.18. The van der Waals surface area contributed by atoms with E-state index in [2.05, 4.69) is 20.6 Å². The van der Waals surface area contributed by atoms with Crippen LogP contribution in [0.2, 0.25) is 0 Å². The number of ketones is 1. The van der Waals surface area contributed by atoms with Gasteiger partial charge >= 0.3 is 12.2 Å². The van der Waals surface area contributed by atoms with Gasteiger partial charge in [0.2, 0.25) is 5.60 Å². The van der Waals surface area contributed by atoms with Crippen molar-refractivity contribution < 1.29 is 33.9 Å². The van der Waals surface area contributed by atoms with E-state index in [1.807, 2.05) is 50.2 Å². The Bertz CT molecular complexity index is 1580. The summed E-state index contributed by atoms with van der Waals surface area (Å²) in [6.45, 7) is 3.81. The highest BCUT2D eigenvalue weighted by Gasteiger charge is 2.49. The molecule has 42 heavy (non-hydrogen) atoms. The highest BCUT2D eigenvalue weighted by atomic mass is 16.7. The molecule has 0 fully saturated rings. The van der Waals surface area contributed by atoms with Crippen molar-refractivity contribution in [1.82, 2.24) is 10.6 Å². The minimum atomic E-state index is -1.63. The second-order valence-corrected chi connectivity index (χ2v) is 10.5. The highest BCUT2D eigenvalue weighted by Crippen LogP contribution is 2.31. The van der Waals surface area contributed by atoms with E-state index in [-0.39, 0.29) is 24.7 Å². The molecule has 1 aliphatic rings. The molecule has 3 atom stereocenters. The number of nitrogens with zero attached hydrogens (tertiary/aromatic N) is 3. The molecular formula is C31H31N5O6. The molecule has 1 unspecified atom stereocenters. The van der Waals surface area contributed by atoms with Gasteiger partial charge in [0.15, 0.2) is 0 Å². The number of hydrogen-bond acceptors (Lipinski definition) is 6. The van der Waals surface area contributed by atoms with Gasteiger partial charge in [-0.3, -0.25) is 19.2 Å². The molecule has 1 heterocycles. The zero-order valence-electron chi connectivity index (χ0n) is 23.2. The molecule has 0 aliphatic carbocycles. The van der Waals surface area contributed by atoms with E-state index in [0.717, 1.165) is 16.3 Å². The Morgan fingerprint density at radius 1 is 1.02 bits per heavy atom. The first-order valence-electron chi connectivity index (χ1n) is 13.4. The third-order valence-electron chi connectivity index (χ3n) is 7.09. The van der Waals surface area contributed by atoms with Crippen LogP contribution in [0.3, 0.4) is 0 Å². The summed E-state index contributed by atoms with van der Waals surface area (Å²) in [5.41, 5.74) is 8.77. The van der Waals surface area contributed by atoms with E-state index in [1.54, 1.807) is 36.4 Å². The van der Waals surface area contributed by atoms with Crippen LogP contribution in [0.1, 0.15) is 42.6 Å². The Balaban J connectivity index is 1.60. The molecule has 11 heteroatoms. The molecule has 3 aromatic rings. The quantitative estimate of drug-likeness (QED) is 0.172. The van der Waals surface area contributed by atoms with Crippen LogP contribution >= 0.6 is 0 Å². The third-order valence-corrected chi connectivity index (χ3v) is 7.09. The van der Waals surface area contributed by atoms with Crippen molar-refractivity contribution >= 4 is 46.3 Å². The fourth-order valence-corrected chi connectivity index (χ4v) is 4.92. The first kappa shape index (κ1) is 29.8. The Hall–Kier alpha value is -5.15. The Morgan fingerprint density at radius 2 is 1.71 bits per heavy atom. The lowest BCUT2D eigenvalue weighted by Gasteiger charge is -2.28. The number of oxime groups is 1. The Kier molecular flexibility index (Phi) is 9.24. The number of carbonyl (C=O) groups is 4. The molecule has 0 radical (unpaired) electrons. The summed E-state index contributed by atoms with van der Waals surface area (Å²) >= 11 is 0. The third kappa shape index (κ3) is 6.94. The van der Waals surface area contributed by atoms with Gasteiger partial charge < -0.3 is 26.1 Å². The second-order valence-electron chi connectivity index (χ2n) is 10.5. The van der Waals surface area contributed by atoms with Gasteiger partial charge in [0, 0.05) is 18.4 Å². The van der Waals surface area contributed by atoms with Crippen LogP contribution in [0.25, 0.3) is 16.3 Å². The van der Waals surface area contributed by atoms with E-state index in [4.69, 9.17) is 10.4 Å². The summed E-state index contributed by atoms with van der Waals surface area (Å²) in [6, 6.07) is 20.0. The van der Waals surface area contributed by atoms with Crippen LogP contribution in [0, 0.1) is 5.92 Å². The number of carboxylic acids is 1. The van der Waals surface area contributed by atoms with E-state index in [1.165, 1.54) is 0 Å². The van der Waals surface area contributed by atoms with Crippen LogP contribution in [0.15, 0.2) is 78.0 Å². The molecule has 0 spiro atoms. The molecule has 3 aromatic carbocycles. The SMILES string of the molecule is CC(C)[C@H](NC(=O)c1ccc2ccccc2c1)C1=NOC(Cc2ccccc2)(C(=O)N[C@@H](CC(=O)O)C(=O)C=[N+]=[N-])C1. The smallest absolute Gasteiger partial charge is 0.325 e. The number of benzene rings is 3. The molecule has 11 nitrogen and oxygen atoms in total. The Labute approximate surface area is 242 Å². The molecule has 0 saturated heterocycles. The van der Waals surface area contributed by atoms with Crippen molar-refractivity contribution in [2.24, 2.45) is 11.1 Å². The van der Waals surface area contributed by atoms with Gasteiger partial charge in [0.1, 0.15) is 6.04 Å². The first-order valence-corrected chi connectivity index (χ1v) is 13.4. The molecule has 3 N–H and O–H groups in total. The average Bonchev–Trinajstić information content (AvgIpc) is 3.40. The molecule has 4 rings (SSSR count). The van der Waals surface area contributed by atoms with Crippen LogP contribution < -0.4 is 10.6 Å². The maximum absolute atomic E-state index is 13.7. The maximum Gasteiger partial charge on any atom is 0.325 e. The topological polar surface area (TPSA) is 171 Å². The van der Waals surface area contributed by atoms with Crippen LogP contribution in [0.4, 0.5) is 0 Å². The fraction of sp³-hybridized carbons (Fsp3) is 0.290. The van der Waals surface area contributed by atoms with Gasteiger partial charge in [-0.2, -0.15) is 4.79 Å². The fourth-order valence-electron chi connectivity index (χ4n) is 4.92. The number of amides is 2. The van der Waals surface area contributed by atoms with E-state index >= 15 is 0 Å². The number of nitrogens with one attached hydrogen (secondary N) is 2. The van der Waals surface area contributed by atoms with Crippen molar-refractivity contribution in [2.45, 2.75) is 50.8 Å². The number of Topliss-reactive ketones (excluding diaryl/α,β-unsaturated/α-hetero) is 1. The number of carboxylic acid groups (broad SMARTS) is 1. The van der Waals surface area contributed by atoms with Gasteiger partial charge in [0.05, 0.1) is 18.2 Å². The number of rotatable bonds is 12. The summed E-state index contributed by atoms with van der Waals surface area (Å²) in [7, 11) is 0. The molecule has 0 saturated carbocycles. The number of aliphatic carboxylic acids is 1. The van der Waals surface area contributed by atoms with Gasteiger partial charge in [-0.1, -0.05) is 79.7 Å². The lowest BCUT2D eigenvalue weighted by Crippen LogP contribution is -2.55. The second kappa shape index (κ2) is 13.0. The van der Waals surface area contributed by atoms with Gasteiger partial charge in [-0.05, 0) is 34.4 Å². The molecular weight excluding hydrogens is 538 g/mol. The predicted molar refractivity (Wildman–Crippen MR) is 155 cm³/mol. The summed E-state index contributed by atoms with van der Waals surface area (Å²) in [6.07, 6.45) is -0.177. The summed E-state index contributed by atoms with van der Waals surface area (Å²) in [5.74, 6) is -3.45. The zero-order chi connectivity index (χ0) is 30.3. The average molecular weight is 570 g/mol. The largest absolute Gasteiger partial charge is 0.481 e. The van der Waals surface area contributed by atoms with Crippen molar-refractivity contribution in [2.75, 3.05) is 0 Å². The Morgan fingerprint density at radius 3 is 2.38 bits per heavy atom. The van der Waals surface area contributed by atoms with Crippen LogP contribution in [-0.4, -0.2) is 63.1 Å². The van der Waals surface area contributed by atoms with Crippen molar-refractivity contribution in [3.63, 3.8) is 0 Å². The lowest BCUT2D eigenvalue weighted by atomic mass is 9.84. The van der Waals surface area contributed by atoms with Crippen molar-refractivity contribution in [3.05, 3.63) is 89.5 Å². The molecule has 1 aliphatic heterocycles. The normalized spacial score (nSPS) is 17.4. The van der Waals surface area contributed by atoms with Crippen molar-refractivity contribution in [3.8, 4) is 0 Å². The number of fused-ring (bicyclic) bond motifs is 1. The lowest BCUT2D eigenvalue weighted by molar-refractivity contribution is -0.147. The highest BCUT2D eigenvalue weighted by molar-refractivity contribution is 6.28. The molecule has 0 aromatic heterocycles. The van der Waals surface area contributed by atoms with Gasteiger partial charge in [0.25, 0.3) is 17.6 Å². The molecule has 2 amide bonds. The van der Waals surface area contributed by atoms with Crippen LogP contribution in [0.5, 0.6) is 0 Å². The number of hydrogen-bond donors (Lipinski definition) is 3. The van der Waals surface area contributed by atoms with Crippen LogP contribution in [-0.2, 0) is 25.6 Å². The van der Waals surface area contributed by atoms with E-state index in [9.17, 15) is 24.3 Å². The molecule has 0 bridgehead atoms. The number of carbonyl (C=O) groups excluding carboxylic acids is 3. The summed E-state index contributed by atoms with van der Waals surface area (Å²) < 4.78 is 0. The summed E-state index contributed by atoms with van der Waals surface area (Å²) in [5, 5.41) is 20.9. The zero-order valence-corrected chi connectivity index (χ0v) is 23.2. The first-order chi connectivity index (χ1) is 20.1. The van der Waals surface area contributed by atoms with Crippen molar-refractivity contribution in [1.29, 1.82) is 0 Å². The minimum absolute atomic E-state index is 0.0311. The van der Waals surface area contributed by atoms with Gasteiger partial charge in [-0.15, -0.1) is 0 Å². The summed E-state index contributed by atoms with van der Waals surface area (Å²) in [4.78, 5) is 59.3. The van der Waals surface area contributed by atoms with E-state index < -0.39 is 41.8 Å². The van der Waals surface area contributed by atoms with Gasteiger partial charge in [-0.25, -0.2) is 0 Å².